The number of hydrogen-bond donors (Lipinski definition) is 0. The molecule has 0 radical (unpaired) electrons. The Morgan fingerprint density at radius 2 is 2.21 bits per heavy atom. The number of Topliss-reactive ketones (excluding diaryl/α,β-unsaturated/α-hetero) is 1. The quantitative estimate of drug-likeness (QED) is 0.721. The summed E-state index contributed by atoms with van der Waals surface area (Å²) in [6.45, 7) is 6.00. The maximum atomic E-state index is 11.5. The van der Waals surface area contributed by atoms with Crippen LogP contribution in [0.2, 0.25) is 0 Å². The fraction of sp³-hybridized carbons (Fsp3) is 0.818. The highest BCUT2D eigenvalue weighted by atomic mass is 32.2. The lowest BCUT2D eigenvalue weighted by Crippen LogP contribution is -2.36. The van der Waals surface area contributed by atoms with E-state index in [1.54, 1.807) is 6.92 Å². The van der Waals surface area contributed by atoms with E-state index >= 15 is 0 Å². The predicted octanol–water partition coefficient (Wildman–Crippen LogP) is 2.11. The summed E-state index contributed by atoms with van der Waals surface area (Å²) >= 11 is 0. The Kier molecular flexibility index (Phi) is 3.57. The molecule has 80 valence electrons. The highest BCUT2D eigenvalue weighted by molar-refractivity contribution is 7.75. The third-order valence-corrected chi connectivity index (χ3v) is 4.28. The van der Waals surface area contributed by atoms with Crippen LogP contribution in [0.25, 0.3) is 0 Å². The summed E-state index contributed by atoms with van der Waals surface area (Å²) in [5, 5.41) is 2.58. The van der Waals surface area contributed by atoms with E-state index in [1.807, 2.05) is 0 Å². The van der Waals surface area contributed by atoms with Gasteiger partial charge < -0.3 is 0 Å². The van der Waals surface area contributed by atoms with E-state index in [0.29, 0.717) is 17.8 Å². The molecule has 1 aliphatic rings. The molecule has 0 bridgehead atoms. The second-order valence-corrected chi connectivity index (χ2v) is 6.05. The molecule has 1 saturated carbocycles. The average Bonchev–Trinajstić information content (AvgIpc) is 2.12. The molecule has 3 heteroatoms. The van der Waals surface area contributed by atoms with Crippen LogP contribution in [0, 0.1) is 16.5 Å². The molecule has 0 aromatic heterocycles. The van der Waals surface area contributed by atoms with Gasteiger partial charge in [-0.15, -0.1) is 0 Å². The van der Waals surface area contributed by atoms with Crippen LogP contribution in [-0.2, 0) is 15.0 Å². The maximum absolute atomic E-state index is 11.5. The highest BCUT2D eigenvalue weighted by Crippen LogP contribution is 2.47. The zero-order valence-electron chi connectivity index (χ0n) is 9.13. The lowest BCUT2D eigenvalue weighted by molar-refractivity contribution is -0.120. The molecule has 1 atom stereocenters. The third kappa shape index (κ3) is 2.73. The van der Waals surface area contributed by atoms with E-state index in [4.69, 9.17) is 0 Å². The molecule has 0 aromatic rings. The Labute approximate surface area is 87.8 Å². The molecule has 0 aliphatic heterocycles. The van der Waals surface area contributed by atoms with E-state index in [9.17, 15) is 9.00 Å². The first-order valence-electron chi connectivity index (χ1n) is 5.03. The van der Waals surface area contributed by atoms with Crippen LogP contribution in [0.3, 0.4) is 0 Å². The standard InChI is InChI=1S/C11H18O2S/c1-4-14(13)8-10(12)7-9-5-6-11(9,2)3/h9H,5-8H2,1-3H3. The first-order valence-corrected chi connectivity index (χ1v) is 6.35. The van der Waals surface area contributed by atoms with Gasteiger partial charge in [-0.3, -0.25) is 4.79 Å². The number of ketones is 1. The van der Waals surface area contributed by atoms with E-state index in [1.165, 1.54) is 6.42 Å². The number of carbonyl (C=O) groups excluding carboxylic acids is 1. The number of rotatable bonds is 3. The first-order chi connectivity index (χ1) is 6.45. The van der Waals surface area contributed by atoms with Gasteiger partial charge in [0.1, 0.15) is 11.5 Å². The third-order valence-electron chi connectivity index (χ3n) is 3.24. The Hall–Kier alpha value is -0.530. The van der Waals surface area contributed by atoms with Crippen molar-refractivity contribution in [2.24, 2.45) is 11.3 Å². The molecular weight excluding hydrogens is 196 g/mol. The molecule has 0 N–H and O–H groups in total. The van der Waals surface area contributed by atoms with Gasteiger partial charge in [-0.1, -0.05) is 19.0 Å². The van der Waals surface area contributed by atoms with Crippen LogP contribution >= 0.6 is 0 Å². The van der Waals surface area contributed by atoms with Gasteiger partial charge in [0.25, 0.3) is 0 Å². The van der Waals surface area contributed by atoms with Crippen molar-refractivity contribution in [3.63, 3.8) is 0 Å². The summed E-state index contributed by atoms with van der Waals surface area (Å²) in [4.78, 5) is 11.5. The lowest BCUT2D eigenvalue weighted by Gasteiger charge is -2.44. The van der Waals surface area contributed by atoms with Crippen molar-refractivity contribution in [2.75, 3.05) is 5.75 Å². The second kappa shape index (κ2) is 4.33. The van der Waals surface area contributed by atoms with Gasteiger partial charge in [0.05, 0.1) is 0 Å². The van der Waals surface area contributed by atoms with Gasteiger partial charge in [-0.05, 0) is 24.2 Å². The molecule has 0 heterocycles. The topological polar surface area (TPSA) is 34.1 Å². The van der Waals surface area contributed by atoms with Crippen molar-refractivity contribution in [1.82, 2.24) is 0 Å². The van der Waals surface area contributed by atoms with Crippen LogP contribution in [0.4, 0.5) is 0 Å². The van der Waals surface area contributed by atoms with Crippen molar-refractivity contribution in [2.45, 2.75) is 40.0 Å². The zero-order valence-corrected chi connectivity index (χ0v) is 9.95. The van der Waals surface area contributed by atoms with Crippen LogP contribution in [0.1, 0.15) is 40.0 Å². The van der Waals surface area contributed by atoms with Crippen molar-refractivity contribution in [3.8, 4) is 5.18 Å². The Morgan fingerprint density at radius 3 is 2.57 bits per heavy atom. The van der Waals surface area contributed by atoms with Crippen molar-refractivity contribution >= 4 is 16.0 Å². The average molecular weight is 214 g/mol. The van der Waals surface area contributed by atoms with Gasteiger partial charge in [-0.25, -0.2) is 4.21 Å². The van der Waals surface area contributed by atoms with Gasteiger partial charge in [-0.2, -0.15) is 0 Å². The summed E-state index contributed by atoms with van der Waals surface area (Å²) in [6.07, 6.45) is 2.95. The van der Waals surface area contributed by atoms with Crippen LogP contribution in [0.5, 0.6) is 0 Å². The Bertz CT molecular complexity index is 359. The molecular formula is C11H18O2S. The Morgan fingerprint density at radius 1 is 1.57 bits per heavy atom. The largest absolute Gasteiger partial charge is 0.298 e. The molecule has 0 aromatic carbocycles. The first kappa shape index (κ1) is 11.5. The normalized spacial score (nSPS) is 23.5. The zero-order chi connectivity index (χ0) is 10.8. The minimum absolute atomic E-state index is 0.121. The summed E-state index contributed by atoms with van der Waals surface area (Å²) in [7, 11) is -1.18. The summed E-state index contributed by atoms with van der Waals surface area (Å²) in [5.74, 6) is 0.780. The molecule has 1 rings (SSSR count). The van der Waals surface area contributed by atoms with Crippen molar-refractivity contribution in [3.05, 3.63) is 0 Å². The fourth-order valence-corrected chi connectivity index (χ4v) is 2.41. The molecule has 1 fully saturated rings. The van der Waals surface area contributed by atoms with Crippen molar-refractivity contribution in [1.29, 1.82) is 0 Å². The molecule has 14 heavy (non-hydrogen) atoms. The number of hydrogen-bond acceptors (Lipinski definition) is 2. The van der Waals surface area contributed by atoms with E-state index < -0.39 is 10.2 Å². The van der Waals surface area contributed by atoms with Gasteiger partial charge in [0.15, 0.2) is 0 Å². The molecule has 1 unspecified atom stereocenters. The van der Waals surface area contributed by atoms with E-state index in [0.717, 1.165) is 6.42 Å². The monoisotopic (exact) mass is 214 g/mol. The van der Waals surface area contributed by atoms with Crippen LogP contribution in [0.15, 0.2) is 0 Å². The van der Waals surface area contributed by atoms with Crippen molar-refractivity contribution < 1.29 is 9.00 Å². The summed E-state index contributed by atoms with van der Waals surface area (Å²) in [6, 6.07) is 0. The predicted molar refractivity (Wildman–Crippen MR) is 58.7 cm³/mol. The highest BCUT2D eigenvalue weighted by Gasteiger charge is 2.38. The summed E-state index contributed by atoms with van der Waals surface area (Å²) < 4.78 is 11.1. The van der Waals surface area contributed by atoms with Crippen LogP contribution in [-0.4, -0.2) is 15.7 Å². The SMILES string of the molecule is CC#S(=O)CC(=O)CC1CCC1(C)C. The van der Waals surface area contributed by atoms with E-state index in [-0.39, 0.29) is 11.5 Å². The molecule has 0 amide bonds. The number of carbonyl (C=O) groups is 1. The maximum Gasteiger partial charge on any atom is 0.149 e. The van der Waals surface area contributed by atoms with Gasteiger partial charge in [0.2, 0.25) is 0 Å². The molecule has 0 saturated heterocycles. The van der Waals surface area contributed by atoms with Gasteiger partial charge in [0, 0.05) is 23.6 Å². The van der Waals surface area contributed by atoms with Gasteiger partial charge >= 0.3 is 0 Å². The smallest absolute Gasteiger partial charge is 0.149 e. The second-order valence-electron chi connectivity index (χ2n) is 4.66. The summed E-state index contributed by atoms with van der Waals surface area (Å²) in [5.41, 5.74) is 0.316. The molecule has 2 nitrogen and oxygen atoms in total. The fourth-order valence-electron chi connectivity index (χ4n) is 1.86. The Balaban J connectivity index is 2.41. The van der Waals surface area contributed by atoms with Crippen LogP contribution < -0.4 is 0 Å². The molecule has 0 spiro atoms. The molecule has 1 aliphatic carbocycles. The van der Waals surface area contributed by atoms with E-state index in [2.05, 4.69) is 19.0 Å². The lowest BCUT2D eigenvalue weighted by atomic mass is 9.61. The minimum Gasteiger partial charge on any atom is -0.298 e. The minimum atomic E-state index is -1.18.